The van der Waals surface area contributed by atoms with Crippen molar-refractivity contribution in [3.8, 4) is 0 Å². The molecule has 2 amide bonds. The first-order valence-corrected chi connectivity index (χ1v) is 7.28. The molecule has 6 heteroatoms. The van der Waals surface area contributed by atoms with Gasteiger partial charge in [-0.2, -0.15) is 0 Å². The Labute approximate surface area is 120 Å². The molecule has 2 N–H and O–H groups in total. The van der Waals surface area contributed by atoms with Gasteiger partial charge in [-0.25, -0.2) is 9.59 Å². The van der Waals surface area contributed by atoms with E-state index in [-0.39, 0.29) is 12.1 Å². The Bertz CT molecular complexity index is 335. The maximum atomic E-state index is 12.2. The van der Waals surface area contributed by atoms with Crippen molar-refractivity contribution in [2.24, 2.45) is 5.92 Å². The zero-order valence-corrected chi connectivity index (χ0v) is 12.6. The van der Waals surface area contributed by atoms with Crippen LogP contribution in [0.25, 0.3) is 0 Å². The minimum atomic E-state index is -0.914. The van der Waals surface area contributed by atoms with E-state index < -0.39 is 12.0 Å². The van der Waals surface area contributed by atoms with Crippen LogP contribution in [-0.2, 0) is 9.53 Å². The summed E-state index contributed by atoms with van der Waals surface area (Å²) in [7, 11) is 1.62. The number of carboxylic acids is 1. The van der Waals surface area contributed by atoms with Gasteiger partial charge in [-0.1, -0.05) is 13.3 Å². The lowest BCUT2D eigenvalue weighted by Gasteiger charge is -2.37. The first-order valence-electron chi connectivity index (χ1n) is 7.28. The number of urea groups is 1. The van der Waals surface area contributed by atoms with Crippen LogP contribution in [0.1, 0.15) is 39.5 Å². The van der Waals surface area contributed by atoms with Gasteiger partial charge in [-0.3, -0.25) is 0 Å². The van der Waals surface area contributed by atoms with E-state index in [1.165, 1.54) is 4.90 Å². The molecule has 0 aromatic carbocycles. The smallest absolute Gasteiger partial charge is 0.326 e. The van der Waals surface area contributed by atoms with E-state index in [2.05, 4.69) is 12.2 Å². The maximum Gasteiger partial charge on any atom is 0.326 e. The molecule has 0 radical (unpaired) electrons. The minimum absolute atomic E-state index is 0.0270. The third-order valence-corrected chi connectivity index (χ3v) is 3.96. The Morgan fingerprint density at radius 2 is 2.20 bits per heavy atom. The van der Waals surface area contributed by atoms with Crippen LogP contribution >= 0.6 is 0 Å². The topological polar surface area (TPSA) is 78.9 Å². The standard InChI is InChI=1S/C14H26N2O4/c1-4-11-5-7-16(12(9-11)13(17)18)14(19)15-10(2)6-8-20-3/h10-12H,4-9H2,1-3H3,(H,15,19)(H,17,18). The molecule has 3 unspecified atom stereocenters. The molecule has 1 saturated heterocycles. The Kier molecular flexibility index (Phi) is 6.78. The number of rotatable bonds is 6. The van der Waals surface area contributed by atoms with Crippen molar-refractivity contribution in [1.82, 2.24) is 10.2 Å². The van der Waals surface area contributed by atoms with Crippen LogP contribution in [0.5, 0.6) is 0 Å². The molecule has 0 saturated carbocycles. The second-order valence-corrected chi connectivity index (χ2v) is 5.48. The average Bonchev–Trinajstić information content (AvgIpc) is 2.44. The third-order valence-electron chi connectivity index (χ3n) is 3.96. The molecule has 1 heterocycles. The molecule has 1 fully saturated rings. The normalized spacial score (nSPS) is 24.2. The van der Waals surface area contributed by atoms with Crippen molar-refractivity contribution in [2.45, 2.75) is 51.6 Å². The van der Waals surface area contributed by atoms with Crippen molar-refractivity contribution in [3.05, 3.63) is 0 Å². The second kappa shape index (κ2) is 8.09. The lowest BCUT2D eigenvalue weighted by molar-refractivity contribution is -0.144. The van der Waals surface area contributed by atoms with E-state index >= 15 is 0 Å². The van der Waals surface area contributed by atoms with E-state index in [0.717, 1.165) is 12.8 Å². The van der Waals surface area contributed by atoms with Gasteiger partial charge < -0.3 is 20.1 Å². The minimum Gasteiger partial charge on any atom is -0.480 e. The second-order valence-electron chi connectivity index (χ2n) is 5.48. The van der Waals surface area contributed by atoms with E-state index in [1.807, 2.05) is 6.92 Å². The Morgan fingerprint density at radius 1 is 1.50 bits per heavy atom. The largest absolute Gasteiger partial charge is 0.480 e. The number of nitrogens with one attached hydrogen (secondary N) is 1. The predicted octanol–water partition coefficient (Wildman–Crippen LogP) is 1.70. The SMILES string of the molecule is CCC1CCN(C(=O)NC(C)CCOC)C(C(=O)O)C1. The predicted molar refractivity (Wildman–Crippen MR) is 75.6 cm³/mol. The molecule has 1 aliphatic heterocycles. The van der Waals surface area contributed by atoms with E-state index in [0.29, 0.717) is 31.9 Å². The summed E-state index contributed by atoms with van der Waals surface area (Å²) in [6, 6.07) is -1.01. The Hall–Kier alpha value is -1.30. The van der Waals surface area contributed by atoms with Crippen LogP contribution in [0, 0.1) is 5.92 Å². The monoisotopic (exact) mass is 286 g/mol. The summed E-state index contributed by atoms with van der Waals surface area (Å²) in [6.07, 6.45) is 3.10. The fourth-order valence-electron chi connectivity index (χ4n) is 2.55. The zero-order chi connectivity index (χ0) is 15.1. The van der Waals surface area contributed by atoms with Crippen LogP contribution in [0.3, 0.4) is 0 Å². The van der Waals surface area contributed by atoms with Gasteiger partial charge in [0.25, 0.3) is 0 Å². The Balaban J connectivity index is 2.58. The molecule has 0 aliphatic carbocycles. The first kappa shape index (κ1) is 16.8. The summed E-state index contributed by atoms with van der Waals surface area (Å²) in [5, 5.41) is 12.2. The van der Waals surface area contributed by atoms with Crippen LogP contribution in [0.2, 0.25) is 0 Å². The molecule has 1 rings (SSSR count). The van der Waals surface area contributed by atoms with Crippen LogP contribution in [0.15, 0.2) is 0 Å². The van der Waals surface area contributed by atoms with Gasteiger partial charge in [0.05, 0.1) is 0 Å². The van der Waals surface area contributed by atoms with Gasteiger partial charge >= 0.3 is 12.0 Å². The summed E-state index contributed by atoms with van der Waals surface area (Å²) in [6.45, 7) is 5.04. The van der Waals surface area contributed by atoms with Crippen molar-refractivity contribution in [3.63, 3.8) is 0 Å². The van der Waals surface area contributed by atoms with E-state index in [9.17, 15) is 14.7 Å². The van der Waals surface area contributed by atoms with Gasteiger partial charge in [0.15, 0.2) is 0 Å². The molecule has 0 aromatic rings. The van der Waals surface area contributed by atoms with Gasteiger partial charge in [0.2, 0.25) is 0 Å². The number of aliphatic carboxylic acids is 1. The summed E-state index contributed by atoms with van der Waals surface area (Å²) in [5.41, 5.74) is 0. The van der Waals surface area contributed by atoms with Gasteiger partial charge in [0, 0.05) is 26.3 Å². The maximum absolute atomic E-state index is 12.2. The highest BCUT2D eigenvalue weighted by molar-refractivity contribution is 5.83. The number of carbonyl (C=O) groups excluding carboxylic acids is 1. The highest BCUT2D eigenvalue weighted by atomic mass is 16.5. The molecule has 116 valence electrons. The lowest BCUT2D eigenvalue weighted by atomic mass is 9.89. The average molecular weight is 286 g/mol. The number of hydrogen-bond acceptors (Lipinski definition) is 3. The molecule has 1 aliphatic rings. The van der Waals surface area contributed by atoms with Crippen molar-refractivity contribution >= 4 is 12.0 Å². The number of hydrogen-bond donors (Lipinski definition) is 2. The number of ether oxygens (including phenoxy) is 1. The van der Waals surface area contributed by atoms with E-state index in [4.69, 9.17) is 4.74 Å². The number of nitrogens with zero attached hydrogens (tertiary/aromatic N) is 1. The summed E-state index contributed by atoms with van der Waals surface area (Å²) in [4.78, 5) is 25.0. The van der Waals surface area contributed by atoms with Crippen LogP contribution in [0.4, 0.5) is 4.79 Å². The Morgan fingerprint density at radius 3 is 2.75 bits per heavy atom. The van der Waals surface area contributed by atoms with Crippen LogP contribution in [-0.4, -0.2) is 54.4 Å². The number of methoxy groups -OCH3 is 1. The first-order chi connectivity index (χ1) is 9.49. The summed E-state index contributed by atoms with van der Waals surface area (Å²) >= 11 is 0. The molecule has 0 aromatic heterocycles. The number of carboxylic acid groups (broad SMARTS) is 1. The fourth-order valence-corrected chi connectivity index (χ4v) is 2.55. The van der Waals surface area contributed by atoms with E-state index in [1.54, 1.807) is 7.11 Å². The molecule has 0 bridgehead atoms. The van der Waals surface area contributed by atoms with Crippen molar-refractivity contribution in [1.29, 1.82) is 0 Å². The summed E-state index contributed by atoms with van der Waals surface area (Å²) in [5.74, 6) is -0.520. The molecular weight excluding hydrogens is 260 g/mol. The molecule has 3 atom stereocenters. The quantitative estimate of drug-likeness (QED) is 0.779. The number of likely N-dealkylation sites (tertiary alicyclic amines) is 1. The van der Waals surface area contributed by atoms with Crippen molar-refractivity contribution < 1.29 is 19.4 Å². The number of carbonyl (C=O) groups is 2. The number of amides is 2. The highest BCUT2D eigenvalue weighted by Crippen LogP contribution is 2.25. The molecular formula is C14H26N2O4. The van der Waals surface area contributed by atoms with Gasteiger partial charge in [-0.15, -0.1) is 0 Å². The lowest BCUT2D eigenvalue weighted by Crippen LogP contribution is -2.54. The number of piperidine rings is 1. The molecule has 20 heavy (non-hydrogen) atoms. The zero-order valence-electron chi connectivity index (χ0n) is 12.6. The fraction of sp³-hybridized carbons (Fsp3) is 0.857. The molecule has 0 spiro atoms. The summed E-state index contributed by atoms with van der Waals surface area (Å²) < 4.78 is 4.97. The molecule has 6 nitrogen and oxygen atoms in total. The van der Waals surface area contributed by atoms with Crippen molar-refractivity contribution in [2.75, 3.05) is 20.3 Å². The third kappa shape index (κ3) is 4.67. The van der Waals surface area contributed by atoms with Crippen LogP contribution < -0.4 is 5.32 Å². The van der Waals surface area contributed by atoms with Gasteiger partial charge in [0.1, 0.15) is 6.04 Å². The highest BCUT2D eigenvalue weighted by Gasteiger charge is 2.35. The van der Waals surface area contributed by atoms with Gasteiger partial charge in [-0.05, 0) is 32.1 Å².